The molecule has 1 amide bonds. The summed E-state index contributed by atoms with van der Waals surface area (Å²) >= 11 is 0. The molecule has 2 N–H and O–H groups in total. The quantitative estimate of drug-likeness (QED) is 0.820. The van der Waals surface area contributed by atoms with Gasteiger partial charge in [0, 0.05) is 0 Å². The predicted octanol–water partition coefficient (Wildman–Crippen LogP) is 1.66. The highest BCUT2D eigenvalue weighted by Crippen LogP contribution is 2.20. The first-order valence-electron chi connectivity index (χ1n) is 6.16. The number of rotatable bonds is 6. The minimum Gasteiger partial charge on any atom is -0.483 e. The van der Waals surface area contributed by atoms with Crippen molar-refractivity contribution in [3.63, 3.8) is 0 Å². The summed E-state index contributed by atoms with van der Waals surface area (Å²) < 4.78 is 5.40. The van der Waals surface area contributed by atoms with Crippen LogP contribution in [0.15, 0.2) is 18.2 Å². The van der Waals surface area contributed by atoms with Crippen LogP contribution in [0.3, 0.4) is 0 Å². The molecule has 0 spiro atoms. The average molecular weight is 265 g/mol. The fourth-order valence-electron chi connectivity index (χ4n) is 1.60. The van der Waals surface area contributed by atoms with Crippen molar-refractivity contribution in [2.75, 3.05) is 6.61 Å². The number of ether oxygens (including phenoxy) is 1. The maximum atomic E-state index is 11.6. The van der Waals surface area contributed by atoms with Crippen LogP contribution < -0.4 is 10.1 Å². The number of carboxylic acids is 1. The molecule has 0 unspecified atom stereocenters. The van der Waals surface area contributed by atoms with Crippen LogP contribution in [-0.4, -0.2) is 29.6 Å². The van der Waals surface area contributed by atoms with Crippen LogP contribution in [0.1, 0.15) is 24.5 Å². The lowest BCUT2D eigenvalue weighted by atomic mass is 10.1. The normalized spacial score (nSPS) is 11.7. The van der Waals surface area contributed by atoms with Crippen molar-refractivity contribution >= 4 is 11.9 Å². The van der Waals surface area contributed by atoms with Crippen LogP contribution in [0.4, 0.5) is 0 Å². The Morgan fingerprint density at radius 3 is 2.63 bits per heavy atom. The van der Waals surface area contributed by atoms with E-state index in [4.69, 9.17) is 9.84 Å². The van der Waals surface area contributed by atoms with Gasteiger partial charge in [0.05, 0.1) is 0 Å². The Morgan fingerprint density at radius 2 is 2.05 bits per heavy atom. The molecule has 0 bridgehead atoms. The molecular weight excluding hydrogens is 246 g/mol. The van der Waals surface area contributed by atoms with Gasteiger partial charge < -0.3 is 15.2 Å². The maximum Gasteiger partial charge on any atom is 0.326 e. The fraction of sp³-hybridized carbons (Fsp3) is 0.429. The molecule has 0 aliphatic rings. The Hall–Kier alpha value is -2.04. The second kappa shape index (κ2) is 6.78. The minimum absolute atomic E-state index is 0.186. The molecule has 1 aromatic rings. The molecule has 0 fully saturated rings. The lowest BCUT2D eigenvalue weighted by Crippen LogP contribution is -2.42. The van der Waals surface area contributed by atoms with Crippen molar-refractivity contribution in [1.29, 1.82) is 0 Å². The van der Waals surface area contributed by atoms with Gasteiger partial charge in [-0.3, -0.25) is 4.79 Å². The number of hydrogen-bond acceptors (Lipinski definition) is 3. The van der Waals surface area contributed by atoms with Gasteiger partial charge in [-0.2, -0.15) is 0 Å². The number of nitrogens with one attached hydrogen (secondary N) is 1. The van der Waals surface area contributed by atoms with Gasteiger partial charge in [-0.05, 0) is 37.5 Å². The van der Waals surface area contributed by atoms with E-state index in [1.54, 1.807) is 13.0 Å². The van der Waals surface area contributed by atoms with Crippen LogP contribution in [0, 0.1) is 13.8 Å². The smallest absolute Gasteiger partial charge is 0.326 e. The summed E-state index contributed by atoms with van der Waals surface area (Å²) in [7, 11) is 0. The third-order valence-electron chi connectivity index (χ3n) is 2.96. The lowest BCUT2D eigenvalue weighted by molar-refractivity contribution is -0.142. The molecule has 1 rings (SSSR count). The zero-order valence-electron chi connectivity index (χ0n) is 11.4. The zero-order chi connectivity index (χ0) is 14.4. The summed E-state index contributed by atoms with van der Waals surface area (Å²) in [4.78, 5) is 22.4. The Bertz CT molecular complexity index is 471. The van der Waals surface area contributed by atoms with Gasteiger partial charge in [-0.15, -0.1) is 0 Å². The highest BCUT2D eigenvalue weighted by Gasteiger charge is 2.17. The van der Waals surface area contributed by atoms with Crippen molar-refractivity contribution in [3.05, 3.63) is 29.3 Å². The molecule has 104 valence electrons. The number of hydrogen-bond donors (Lipinski definition) is 2. The molecule has 0 aliphatic carbocycles. The number of carbonyl (C=O) groups excluding carboxylic acids is 1. The molecule has 0 aromatic heterocycles. The number of aliphatic carboxylic acids is 1. The molecule has 0 saturated heterocycles. The standard InChI is InChI=1S/C14H19NO4/c1-4-11(14(17)18)15-13(16)8-19-12-7-5-6-9(2)10(12)3/h5-7,11H,4,8H2,1-3H3,(H,15,16)(H,17,18)/t11-/m0/s1. The van der Waals surface area contributed by atoms with Crippen molar-refractivity contribution < 1.29 is 19.4 Å². The summed E-state index contributed by atoms with van der Waals surface area (Å²) in [5, 5.41) is 11.2. The first-order chi connectivity index (χ1) is 8.95. The Labute approximate surface area is 112 Å². The summed E-state index contributed by atoms with van der Waals surface area (Å²) in [6, 6.07) is 4.72. The SMILES string of the molecule is CC[C@H](NC(=O)COc1cccc(C)c1C)C(=O)O. The monoisotopic (exact) mass is 265 g/mol. The van der Waals surface area contributed by atoms with E-state index in [-0.39, 0.29) is 6.61 Å². The highest BCUT2D eigenvalue weighted by molar-refractivity contribution is 5.84. The highest BCUT2D eigenvalue weighted by atomic mass is 16.5. The maximum absolute atomic E-state index is 11.6. The van der Waals surface area contributed by atoms with Crippen LogP contribution in [0.5, 0.6) is 5.75 Å². The van der Waals surface area contributed by atoms with E-state index in [2.05, 4.69) is 5.32 Å². The summed E-state index contributed by atoms with van der Waals surface area (Å²) in [5.74, 6) is -0.837. The topological polar surface area (TPSA) is 75.6 Å². The molecule has 5 nitrogen and oxygen atoms in total. The first kappa shape index (κ1) is 15.0. The van der Waals surface area contributed by atoms with E-state index in [0.717, 1.165) is 11.1 Å². The zero-order valence-corrected chi connectivity index (χ0v) is 11.4. The van der Waals surface area contributed by atoms with Crippen LogP contribution in [0.25, 0.3) is 0 Å². The van der Waals surface area contributed by atoms with Gasteiger partial charge in [0.1, 0.15) is 11.8 Å². The average Bonchev–Trinajstić information content (AvgIpc) is 2.37. The van der Waals surface area contributed by atoms with Crippen molar-refractivity contribution in [2.24, 2.45) is 0 Å². The van der Waals surface area contributed by atoms with Gasteiger partial charge in [0.15, 0.2) is 6.61 Å². The molecule has 19 heavy (non-hydrogen) atoms. The van der Waals surface area contributed by atoms with Gasteiger partial charge in [-0.1, -0.05) is 19.1 Å². The molecule has 0 heterocycles. The van der Waals surface area contributed by atoms with Crippen LogP contribution in [0.2, 0.25) is 0 Å². The molecule has 1 atom stereocenters. The van der Waals surface area contributed by atoms with Gasteiger partial charge in [-0.25, -0.2) is 4.79 Å². The van der Waals surface area contributed by atoms with Gasteiger partial charge >= 0.3 is 5.97 Å². The van der Waals surface area contributed by atoms with Gasteiger partial charge in [0.25, 0.3) is 5.91 Å². The largest absolute Gasteiger partial charge is 0.483 e. The molecule has 0 aliphatic heterocycles. The van der Waals surface area contributed by atoms with E-state index in [1.165, 1.54) is 0 Å². The van der Waals surface area contributed by atoms with Gasteiger partial charge in [0.2, 0.25) is 0 Å². The second-order valence-corrected chi connectivity index (χ2v) is 4.35. The fourth-order valence-corrected chi connectivity index (χ4v) is 1.60. The summed E-state index contributed by atoms with van der Waals surface area (Å²) in [6.07, 6.45) is 0.338. The summed E-state index contributed by atoms with van der Waals surface area (Å²) in [5.41, 5.74) is 2.05. The number of carbonyl (C=O) groups is 2. The Morgan fingerprint density at radius 1 is 1.37 bits per heavy atom. The predicted molar refractivity (Wildman–Crippen MR) is 71.3 cm³/mol. The third-order valence-corrected chi connectivity index (χ3v) is 2.96. The molecular formula is C14H19NO4. The van der Waals surface area contributed by atoms with Crippen molar-refractivity contribution in [2.45, 2.75) is 33.2 Å². The minimum atomic E-state index is -1.04. The van der Waals surface area contributed by atoms with E-state index in [1.807, 2.05) is 26.0 Å². The first-order valence-corrected chi connectivity index (χ1v) is 6.16. The van der Waals surface area contributed by atoms with Crippen molar-refractivity contribution in [1.82, 2.24) is 5.32 Å². The summed E-state index contributed by atoms with van der Waals surface area (Å²) in [6.45, 7) is 5.38. The molecule has 5 heteroatoms. The Kier molecular flexibility index (Phi) is 5.36. The molecule has 0 saturated carbocycles. The van der Waals surface area contributed by atoms with E-state index < -0.39 is 17.9 Å². The third kappa shape index (κ3) is 4.28. The van der Waals surface area contributed by atoms with E-state index in [9.17, 15) is 9.59 Å². The second-order valence-electron chi connectivity index (χ2n) is 4.35. The Balaban J connectivity index is 2.55. The molecule has 0 radical (unpaired) electrons. The lowest BCUT2D eigenvalue weighted by Gasteiger charge is -2.14. The van der Waals surface area contributed by atoms with E-state index >= 15 is 0 Å². The molecule has 1 aromatic carbocycles. The number of amides is 1. The number of carboxylic acid groups (broad SMARTS) is 1. The number of aryl methyl sites for hydroxylation is 1. The van der Waals surface area contributed by atoms with E-state index in [0.29, 0.717) is 12.2 Å². The number of benzene rings is 1. The van der Waals surface area contributed by atoms with Crippen LogP contribution >= 0.6 is 0 Å². The van der Waals surface area contributed by atoms with Crippen LogP contribution in [-0.2, 0) is 9.59 Å². The van der Waals surface area contributed by atoms with Crippen molar-refractivity contribution in [3.8, 4) is 5.75 Å².